The molecule has 1 aromatic heterocycles. The van der Waals surface area contributed by atoms with Gasteiger partial charge in [0.2, 0.25) is 0 Å². The molecule has 2 rings (SSSR count). The summed E-state index contributed by atoms with van der Waals surface area (Å²) in [5.74, 6) is 0.241. The maximum Gasteiger partial charge on any atom is 0.170 e. The lowest BCUT2D eigenvalue weighted by Gasteiger charge is -1.92. The summed E-state index contributed by atoms with van der Waals surface area (Å²) in [4.78, 5) is 0. The minimum absolute atomic E-state index is 0.241. The SMILES string of the molecule is CCc1noc2cccc(O)c12. The molecule has 0 bridgehead atoms. The zero-order valence-corrected chi connectivity index (χ0v) is 6.74. The Hall–Kier alpha value is -1.51. The lowest BCUT2D eigenvalue weighted by molar-refractivity contribution is 0.447. The highest BCUT2D eigenvalue weighted by atomic mass is 16.5. The average Bonchev–Trinajstić information content (AvgIpc) is 2.49. The lowest BCUT2D eigenvalue weighted by atomic mass is 10.2. The van der Waals surface area contributed by atoms with Gasteiger partial charge in [0, 0.05) is 0 Å². The largest absolute Gasteiger partial charge is 0.507 e. The van der Waals surface area contributed by atoms with Crippen molar-refractivity contribution >= 4 is 11.0 Å². The molecule has 0 unspecified atom stereocenters. The number of fused-ring (bicyclic) bond motifs is 1. The summed E-state index contributed by atoms with van der Waals surface area (Å²) in [6, 6.07) is 5.17. The molecule has 1 aromatic carbocycles. The first kappa shape index (κ1) is 7.16. The van der Waals surface area contributed by atoms with Crippen LogP contribution in [0.2, 0.25) is 0 Å². The molecule has 0 atom stereocenters. The fourth-order valence-electron chi connectivity index (χ4n) is 1.28. The van der Waals surface area contributed by atoms with E-state index in [0.717, 1.165) is 17.5 Å². The van der Waals surface area contributed by atoms with Crippen LogP contribution in [0.4, 0.5) is 0 Å². The highest BCUT2D eigenvalue weighted by Crippen LogP contribution is 2.27. The molecule has 3 heteroatoms. The Morgan fingerprint density at radius 1 is 1.50 bits per heavy atom. The number of aryl methyl sites for hydroxylation is 1. The molecular formula is C9H9NO2. The van der Waals surface area contributed by atoms with Gasteiger partial charge < -0.3 is 9.63 Å². The van der Waals surface area contributed by atoms with Crippen LogP contribution in [0, 0.1) is 0 Å². The Bertz CT molecular complexity index is 406. The second-order valence-electron chi connectivity index (χ2n) is 2.63. The maximum atomic E-state index is 9.47. The van der Waals surface area contributed by atoms with Gasteiger partial charge in [0.25, 0.3) is 0 Å². The summed E-state index contributed by atoms with van der Waals surface area (Å²) in [6.45, 7) is 1.98. The van der Waals surface area contributed by atoms with Gasteiger partial charge >= 0.3 is 0 Å². The Kier molecular flexibility index (Phi) is 1.50. The van der Waals surface area contributed by atoms with Gasteiger partial charge in [-0.1, -0.05) is 18.1 Å². The van der Waals surface area contributed by atoms with Crippen LogP contribution < -0.4 is 0 Å². The molecule has 0 radical (unpaired) electrons. The van der Waals surface area contributed by atoms with E-state index in [1.54, 1.807) is 18.2 Å². The lowest BCUT2D eigenvalue weighted by Crippen LogP contribution is -1.78. The topological polar surface area (TPSA) is 46.3 Å². The third kappa shape index (κ3) is 0.863. The van der Waals surface area contributed by atoms with Gasteiger partial charge in [-0.05, 0) is 18.6 Å². The molecule has 0 saturated carbocycles. The highest BCUT2D eigenvalue weighted by Gasteiger charge is 2.09. The maximum absolute atomic E-state index is 9.47. The molecule has 1 heterocycles. The predicted octanol–water partition coefficient (Wildman–Crippen LogP) is 2.10. The standard InChI is InChI=1S/C9H9NO2/c1-2-6-9-7(11)4-3-5-8(9)12-10-6/h3-5,11H,2H2,1H3. The minimum Gasteiger partial charge on any atom is -0.507 e. The summed E-state index contributed by atoms with van der Waals surface area (Å²) in [7, 11) is 0. The summed E-state index contributed by atoms with van der Waals surface area (Å²) >= 11 is 0. The van der Waals surface area contributed by atoms with Crippen LogP contribution in [0.5, 0.6) is 5.75 Å². The third-order valence-electron chi connectivity index (χ3n) is 1.88. The first-order valence-electron chi connectivity index (χ1n) is 3.89. The Morgan fingerprint density at radius 3 is 3.08 bits per heavy atom. The first-order chi connectivity index (χ1) is 5.83. The molecule has 0 amide bonds. The number of hydrogen-bond acceptors (Lipinski definition) is 3. The smallest absolute Gasteiger partial charge is 0.170 e. The Labute approximate surface area is 69.6 Å². The number of rotatable bonds is 1. The minimum atomic E-state index is 0.241. The van der Waals surface area contributed by atoms with Crippen molar-refractivity contribution in [3.63, 3.8) is 0 Å². The van der Waals surface area contributed by atoms with Crippen LogP contribution in [0.3, 0.4) is 0 Å². The number of aromatic nitrogens is 1. The molecule has 0 fully saturated rings. The van der Waals surface area contributed by atoms with Crippen molar-refractivity contribution in [1.29, 1.82) is 0 Å². The molecule has 12 heavy (non-hydrogen) atoms. The second kappa shape index (κ2) is 2.52. The second-order valence-corrected chi connectivity index (χ2v) is 2.63. The molecule has 62 valence electrons. The van der Waals surface area contributed by atoms with Crippen molar-refractivity contribution in [3.8, 4) is 5.75 Å². The zero-order valence-electron chi connectivity index (χ0n) is 6.74. The van der Waals surface area contributed by atoms with Gasteiger partial charge in [-0.2, -0.15) is 0 Å². The molecule has 0 aliphatic heterocycles. The van der Waals surface area contributed by atoms with E-state index in [9.17, 15) is 5.11 Å². The quantitative estimate of drug-likeness (QED) is 0.700. The van der Waals surface area contributed by atoms with E-state index in [1.165, 1.54) is 0 Å². The summed E-state index contributed by atoms with van der Waals surface area (Å²) in [5, 5.41) is 14.0. The van der Waals surface area contributed by atoms with Crippen molar-refractivity contribution in [2.75, 3.05) is 0 Å². The van der Waals surface area contributed by atoms with Crippen molar-refractivity contribution < 1.29 is 9.63 Å². The molecule has 0 saturated heterocycles. The van der Waals surface area contributed by atoms with Crippen molar-refractivity contribution in [1.82, 2.24) is 5.16 Å². The molecule has 1 N–H and O–H groups in total. The van der Waals surface area contributed by atoms with Crippen molar-refractivity contribution in [2.45, 2.75) is 13.3 Å². The van der Waals surface area contributed by atoms with E-state index in [1.807, 2.05) is 6.92 Å². The van der Waals surface area contributed by atoms with E-state index in [-0.39, 0.29) is 5.75 Å². The Balaban J connectivity index is 2.83. The van der Waals surface area contributed by atoms with Gasteiger partial charge in [-0.25, -0.2) is 0 Å². The molecule has 3 nitrogen and oxygen atoms in total. The number of phenols is 1. The van der Waals surface area contributed by atoms with E-state index >= 15 is 0 Å². The van der Waals surface area contributed by atoms with Crippen LogP contribution in [0.1, 0.15) is 12.6 Å². The van der Waals surface area contributed by atoms with Crippen LogP contribution in [-0.2, 0) is 6.42 Å². The van der Waals surface area contributed by atoms with Gasteiger partial charge in [-0.3, -0.25) is 0 Å². The van der Waals surface area contributed by atoms with Gasteiger partial charge in [0.1, 0.15) is 5.75 Å². The Morgan fingerprint density at radius 2 is 2.33 bits per heavy atom. The van der Waals surface area contributed by atoms with Crippen molar-refractivity contribution in [2.24, 2.45) is 0 Å². The summed E-state index contributed by atoms with van der Waals surface area (Å²) < 4.78 is 5.01. The predicted molar refractivity (Wildman–Crippen MR) is 45.1 cm³/mol. The number of hydrogen-bond donors (Lipinski definition) is 1. The van der Waals surface area contributed by atoms with Gasteiger partial charge in [0.05, 0.1) is 11.1 Å². The molecule has 0 aliphatic carbocycles. The monoisotopic (exact) mass is 163 g/mol. The number of aromatic hydroxyl groups is 1. The van der Waals surface area contributed by atoms with Gasteiger partial charge in [-0.15, -0.1) is 0 Å². The normalized spacial score (nSPS) is 10.8. The molecule has 0 aliphatic rings. The van der Waals surface area contributed by atoms with E-state index < -0.39 is 0 Å². The van der Waals surface area contributed by atoms with Crippen molar-refractivity contribution in [3.05, 3.63) is 23.9 Å². The fourth-order valence-corrected chi connectivity index (χ4v) is 1.28. The van der Waals surface area contributed by atoms with Crippen LogP contribution in [-0.4, -0.2) is 10.3 Å². The number of nitrogens with zero attached hydrogens (tertiary/aromatic N) is 1. The average molecular weight is 163 g/mol. The van der Waals surface area contributed by atoms with E-state index in [4.69, 9.17) is 4.52 Å². The van der Waals surface area contributed by atoms with E-state index in [2.05, 4.69) is 5.16 Å². The molecule has 0 spiro atoms. The highest BCUT2D eigenvalue weighted by molar-refractivity contribution is 5.85. The summed E-state index contributed by atoms with van der Waals surface area (Å²) in [5.41, 5.74) is 1.45. The number of phenolic OH excluding ortho intramolecular Hbond substituents is 1. The van der Waals surface area contributed by atoms with Crippen LogP contribution >= 0.6 is 0 Å². The van der Waals surface area contributed by atoms with E-state index in [0.29, 0.717) is 5.58 Å². The molecular weight excluding hydrogens is 154 g/mol. The zero-order chi connectivity index (χ0) is 8.55. The first-order valence-corrected chi connectivity index (χ1v) is 3.89. The summed E-state index contributed by atoms with van der Waals surface area (Å²) in [6.07, 6.45) is 0.768. The third-order valence-corrected chi connectivity index (χ3v) is 1.88. The molecule has 2 aromatic rings. The van der Waals surface area contributed by atoms with Gasteiger partial charge in [0.15, 0.2) is 5.58 Å². The number of benzene rings is 1. The fraction of sp³-hybridized carbons (Fsp3) is 0.222. The van der Waals surface area contributed by atoms with Crippen LogP contribution in [0.25, 0.3) is 11.0 Å². The van der Waals surface area contributed by atoms with Crippen LogP contribution in [0.15, 0.2) is 22.7 Å².